The lowest BCUT2D eigenvalue weighted by molar-refractivity contribution is 0.224. The van der Waals surface area contributed by atoms with Gasteiger partial charge in [0, 0.05) is 29.6 Å². The van der Waals surface area contributed by atoms with Gasteiger partial charge in [0.2, 0.25) is 0 Å². The SMILES string of the molecule is Cc1ccc(S(=O)(=O)n2c3c(c4cc(C5CC5)ccc42)C2CCC(C3)N2C)cc1. The van der Waals surface area contributed by atoms with Crippen LogP contribution >= 0.6 is 0 Å². The third-order valence-electron chi connectivity index (χ3n) is 7.30. The molecule has 2 unspecified atom stereocenters. The van der Waals surface area contributed by atoms with Crippen LogP contribution in [0.2, 0.25) is 0 Å². The average molecular weight is 407 g/mol. The van der Waals surface area contributed by atoms with Crippen molar-refractivity contribution >= 4 is 20.9 Å². The molecule has 0 amide bonds. The predicted octanol–water partition coefficient (Wildman–Crippen LogP) is 4.76. The highest BCUT2D eigenvalue weighted by Crippen LogP contribution is 2.49. The number of hydrogen-bond acceptors (Lipinski definition) is 3. The molecule has 1 saturated heterocycles. The van der Waals surface area contributed by atoms with E-state index in [1.165, 1.54) is 24.0 Å². The van der Waals surface area contributed by atoms with Gasteiger partial charge >= 0.3 is 0 Å². The molecule has 2 fully saturated rings. The number of hydrogen-bond donors (Lipinski definition) is 0. The topological polar surface area (TPSA) is 42.3 Å². The lowest BCUT2D eigenvalue weighted by Crippen LogP contribution is -2.35. The van der Waals surface area contributed by atoms with Crippen LogP contribution in [0.15, 0.2) is 47.4 Å². The number of benzene rings is 2. The molecule has 0 spiro atoms. The van der Waals surface area contributed by atoms with Crippen molar-refractivity contribution < 1.29 is 8.42 Å². The molecule has 3 heterocycles. The van der Waals surface area contributed by atoms with Crippen molar-refractivity contribution in [2.24, 2.45) is 0 Å². The maximum atomic E-state index is 13.8. The van der Waals surface area contributed by atoms with Crippen molar-refractivity contribution in [1.29, 1.82) is 0 Å². The van der Waals surface area contributed by atoms with Gasteiger partial charge in [-0.1, -0.05) is 23.8 Å². The summed E-state index contributed by atoms with van der Waals surface area (Å²) >= 11 is 0. The number of nitrogens with zero attached hydrogens (tertiary/aromatic N) is 2. The van der Waals surface area contributed by atoms with Crippen molar-refractivity contribution in [2.75, 3.05) is 7.05 Å². The van der Waals surface area contributed by atoms with Crippen LogP contribution in [0.3, 0.4) is 0 Å². The molecule has 2 aliphatic heterocycles. The van der Waals surface area contributed by atoms with Crippen LogP contribution in [0.4, 0.5) is 0 Å². The van der Waals surface area contributed by atoms with Gasteiger partial charge in [-0.25, -0.2) is 12.4 Å². The minimum Gasteiger partial charge on any atom is -0.296 e. The Labute approximate surface area is 172 Å². The number of likely N-dealkylation sites (N-methyl/N-ethyl adjacent to an activating group) is 1. The van der Waals surface area contributed by atoms with Crippen LogP contribution in [0.25, 0.3) is 10.9 Å². The van der Waals surface area contributed by atoms with Crippen LogP contribution in [0, 0.1) is 6.92 Å². The molecule has 0 radical (unpaired) electrons. The summed E-state index contributed by atoms with van der Waals surface area (Å²) in [6, 6.07) is 14.5. The zero-order valence-electron chi connectivity index (χ0n) is 16.9. The smallest absolute Gasteiger partial charge is 0.268 e. The minimum absolute atomic E-state index is 0.329. The fourth-order valence-electron chi connectivity index (χ4n) is 5.51. The fourth-order valence-corrected chi connectivity index (χ4v) is 7.08. The summed E-state index contributed by atoms with van der Waals surface area (Å²) in [5, 5.41) is 1.15. The van der Waals surface area contributed by atoms with Gasteiger partial charge in [-0.3, -0.25) is 4.90 Å². The van der Waals surface area contributed by atoms with E-state index in [1.54, 1.807) is 16.1 Å². The largest absolute Gasteiger partial charge is 0.296 e. The van der Waals surface area contributed by atoms with E-state index in [0.29, 0.717) is 22.9 Å². The molecule has 1 aliphatic carbocycles. The van der Waals surface area contributed by atoms with E-state index in [1.807, 2.05) is 19.1 Å². The third-order valence-corrected chi connectivity index (χ3v) is 9.06. The van der Waals surface area contributed by atoms with E-state index in [4.69, 9.17) is 0 Å². The monoisotopic (exact) mass is 406 g/mol. The highest BCUT2D eigenvalue weighted by atomic mass is 32.2. The molecular weight excluding hydrogens is 380 g/mol. The molecule has 29 heavy (non-hydrogen) atoms. The zero-order chi connectivity index (χ0) is 19.9. The molecular formula is C24H26N2O2S. The number of aryl methyl sites for hydroxylation is 1. The van der Waals surface area contributed by atoms with E-state index in [2.05, 4.69) is 30.1 Å². The average Bonchev–Trinajstić information content (AvgIpc) is 3.46. The van der Waals surface area contributed by atoms with Crippen LogP contribution in [0.5, 0.6) is 0 Å². The summed E-state index contributed by atoms with van der Waals surface area (Å²) < 4.78 is 29.3. The summed E-state index contributed by atoms with van der Waals surface area (Å²) in [6.45, 7) is 1.98. The Morgan fingerprint density at radius 3 is 2.45 bits per heavy atom. The second-order valence-electron chi connectivity index (χ2n) is 9.11. The maximum absolute atomic E-state index is 13.8. The molecule has 6 rings (SSSR count). The molecule has 1 aromatic heterocycles. The van der Waals surface area contributed by atoms with Gasteiger partial charge in [0.25, 0.3) is 10.0 Å². The lowest BCUT2D eigenvalue weighted by atomic mass is 9.96. The number of fused-ring (bicyclic) bond motifs is 6. The minimum atomic E-state index is -3.64. The Morgan fingerprint density at radius 1 is 0.966 bits per heavy atom. The second kappa shape index (κ2) is 5.96. The predicted molar refractivity (Wildman–Crippen MR) is 115 cm³/mol. The molecule has 150 valence electrons. The Kier molecular flexibility index (Phi) is 3.64. The van der Waals surface area contributed by atoms with Gasteiger partial charge in [-0.15, -0.1) is 0 Å². The molecule has 3 aliphatic rings. The summed E-state index contributed by atoms with van der Waals surface area (Å²) in [4.78, 5) is 2.84. The molecule has 5 heteroatoms. The normalized spacial score (nSPS) is 24.2. The number of rotatable bonds is 3. The zero-order valence-corrected chi connectivity index (χ0v) is 17.7. The Hall–Kier alpha value is -2.11. The maximum Gasteiger partial charge on any atom is 0.268 e. The first-order valence-corrected chi connectivity index (χ1v) is 12.1. The van der Waals surface area contributed by atoms with Crippen molar-refractivity contribution in [3.8, 4) is 0 Å². The van der Waals surface area contributed by atoms with Crippen LogP contribution in [0.1, 0.15) is 60.0 Å². The fraction of sp³-hybridized carbons (Fsp3) is 0.417. The highest BCUT2D eigenvalue weighted by Gasteiger charge is 2.43. The quantitative estimate of drug-likeness (QED) is 0.630. The Bertz CT molecular complexity index is 1240. The molecule has 2 atom stereocenters. The first-order valence-electron chi connectivity index (χ1n) is 10.7. The summed E-state index contributed by atoms with van der Waals surface area (Å²) in [5.74, 6) is 0.657. The first-order chi connectivity index (χ1) is 13.9. The van der Waals surface area contributed by atoms with Gasteiger partial charge in [-0.2, -0.15) is 0 Å². The Balaban J connectivity index is 1.65. The standard InChI is InChI=1S/C24H26N2O2S/c1-15-3-9-19(10-4-15)29(27,28)26-21-11-7-17(16-5-6-16)13-20(21)24-22-12-8-18(25(22)2)14-23(24)26/h3-4,7,9-11,13,16,18,22H,5-6,8,12,14H2,1-2H3. The third kappa shape index (κ3) is 2.50. The highest BCUT2D eigenvalue weighted by molar-refractivity contribution is 7.90. The van der Waals surface area contributed by atoms with Crippen molar-refractivity contribution in [1.82, 2.24) is 8.87 Å². The molecule has 2 bridgehead atoms. The lowest BCUT2D eigenvalue weighted by Gasteiger charge is -2.32. The molecule has 3 aromatic rings. The van der Waals surface area contributed by atoms with Crippen LogP contribution < -0.4 is 0 Å². The number of aromatic nitrogens is 1. The van der Waals surface area contributed by atoms with Gasteiger partial charge in [0.05, 0.1) is 10.4 Å². The first kappa shape index (κ1) is 17.7. The second-order valence-corrected chi connectivity index (χ2v) is 10.9. The van der Waals surface area contributed by atoms with Crippen LogP contribution in [-0.2, 0) is 16.4 Å². The van der Waals surface area contributed by atoms with E-state index in [0.717, 1.165) is 41.4 Å². The van der Waals surface area contributed by atoms with E-state index < -0.39 is 10.0 Å². The van der Waals surface area contributed by atoms with E-state index >= 15 is 0 Å². The van der Waals surface area contributed by atoms with Gasteiger partial charge in [0.15, 0.2) is 0 Å². The van der Waals surface area contributed by atoms with E-state index in [9.17, 15) is 8.42 Å². The van der Waals surface area contributed by atoms with Crippen molar-refractivity contribution in [2.45, 2.75) is 61.9 Å². The van der Waals surface area contributed by atoms with Gasteiger partial charge < -0.3 is 0 Å². The van der Waals surface area contributed by atoms with Crippen LogP contribution in [-0.4, -0.2) is 30.4 Å². The molecule has 4 nitrogen and oxygen atoms in total. The molecule has 0 N–H and O–H groups in total. The summed E-state index contributed by atoms with van der Waals surface area (Å²) in [6.07, 6.45) is 5.57. The van der Waals surface area contributed by atoms with E-state index in [-0.39, 0.29) is 0 Å². The molecule has 2 aromatic carbocycles. The Morgan fingerprint density at radius 2 is 1.72 bits per heavy atom. The summed E-state index contributed by atoms with van der Waals surface area (Å²) in [5.41, 5.74) is 5.56. The van der Waals surface area contributed by atoms with Crippen molar-refractivity contribution in [3.05, 3.63) is 64.8 Å². The van der Waals surface area contributed by atoms with Gasteiger partial charge in [0.1, 0.15) is 0 Å². The van der Waals surface area contributed by atoms with Gasteiger partial charge in [-0.05, 0) is 81.0 Å². The summed E-state index contributed by atoms with van der Waals surface area (Å²) in [7, 11) is -1.43. The van der Waals surface area contributed by atoms with Crippen molar-refractivity contribution in [3.63, 3.8) is 0 Å². The molecule has 1 saturated carbocycles.